The van der Waals surface area contributed by atoms with Crippen LogP contribution >= 0.6 is 0 Å². The second-order valence-corrected chi connectivity index (χ2v) is 7.83. The van der Waals surface area contributed by atoms with Gasteiger partial charge in [0.1, 0.15) is 5.54 Å². The average molecular weight is 385 g/mol. The number of amides is 3. The lowest BCUT2D eigenvalue weighted by atomic mass is 9.98. The average Bonchev–Trinajstić information content (AvgIpc) is 3.25. The quantitative estimate of drug-likeness (QED) is 0.468. The molecular weight excluding hydrogens is 358 g/mol. The van der Waals surface area contributed by atoms with E-state index in [1.165, 1.54) is 4.90 Å². The molecule has 3 fully saturated rings. The number of carbonyl (C=O) groups is 2. The number of guanidine groups is 1. The van der Waals surface area contributed by atoms with E-state index in [0.29, 0.717) is 37.6 Å². The van der Waals surface area contributed by atoms with E-state index in [0.717, 1.165) is 31.5 Å². The minimum atomic E-state index is -0.706. The summed E-state index contributed by atoms with van der Waals surface area (Å²) in [7, 11) is 0. The first-order chi connectivity index (χ1) is 13.5. The molecule has 28 heavy (non-hydrogen) atoms. The van der Waals surface area contributed by atoms with E-state index in [1.807, 2.05) is 30.0 Å². The van der Waals surface area contributed by atoms with Crippen LogP contribution in [0.4, 0.5) is 10.5 Å². The van der Waals surface area contributed by atoms with Crippen LogP contribution in [0.2, 0.25) is 0 Å². The predicted octanol–water partition coefficient (Wildman–Crippen LogP) is 1.59. The van der Waals surface area contributed by atoms with Crippen molar-refractivity contribution in [3.63, 3.8) is 0 Å². The van der Waals surface area contributed by atoms with Gasteiger partial charge in [0, 0.05) is 13.1 Å². The zero-order chi connectivity index (χ0) is 19.7. The number of anilines is 1. The molecule has 0 aromatic heterocycles. The third-order valence-corrected chi connectivity index (χ3v) is 5.78. The molecule has 8 nitrogen and oxygen atoms in total. The lowest BCUT2D eigenvalue weighted by molar-refractivity contribution is -0.121. The van der Waals surface area contributed by atoms with Gasteiger partial charge in [0.05, 0.1) is 24.9 Å². The second kappa shape index (κ2) is 7.43. The number of hydrogen-bond acceptors (Lipinski definition) is 4. The van der Waals surface area contributed by atoms with Crippen LogP contribution in [-0.4, -0.2) is 54.1 Å². The maximum Gasteiger partial charge on any atom is 0.329 e. The van der Waals surface area contributed by atoms with Gasteiger partial charge >= 0.3 is 6.03 Å². The Bertz CT molecular complexity index is 803. The van der Waals surface area contributed by atoms with Gasteiger partial charge in [0.25, 0.3) is 5.91 Å². The van der Waals surface area contributed by atoms with Gasteiger partial charge in [-0.2, -0.15) is 0 Å². The highest BCUT2D eigenvalue weighted by Gasteiger charge is 2.52. The van der Waals surface area contributed by atoms with Crippen LogP contribution in [0.25, 0.3) is 0 Å². The fourth-order valence-electron chi connectivity index (χ4n) is 4.26. The molecule has 2 aliphatic heterocycles. The van der Waals surface area contributed by atoms with Crippen LogP contribution in [0.15, 0.2) is 29.3 Å². The number of hydrogen-bond donors (Lipinski definition) is 2. The molecule has 3 aliphatic rings. The van der Waals surface area contributed by atoms with E-state index in [9.17, 15) is 9.59 Å². The summed E-state index contributed by atoms with van der Waals surface area (Å²) in [6.07, 6.45) is 3.50. The predicted molar refractivity (Wildman–Crippen MR) is 106 cm³/mol. The van der Waals surface area contributed by atoms with Crippen molar-refractivity contribution in [3.8, 4) is 0 Å². The standard InChI is InChI=1S/C20H27N5O3/c1-14-13-24(9-10-28-14)18(21)22-12-15-5-4-6-16(11-15)25-17(26)20(23-19(25)27)7-2-3-8-20/h4-6,11,14H,2-3,7-10,12-13H2,1H3,(H2,21,22)(H,23,27). The van der Waals surface area contributed by atoms with Crippen molar-refractivity contribution < 1.29 is 14.3 Å². The Morgan fingerprint density at radius 3 is 2.89 bits per heavy atom. The van der Waals surface area contributed by atoms with Gasteiger partial charge in [-0.1, -0.05) is 25.0 Å². The molecule has 2 saturated heterocycles. The molecule has 3 N–H and O–H groups in total. The number of nitrogens with zero attached hydrogens (tertiary/aromatic N) is 3. The van der Waals surface area contributed by atoms with Gasteiger partial charge in [-0.3, -0.25) is 4.79 Å². The first-order valence-electron chi connectivity index (χ1n) is 9.91. The Hall–Kier alpha value is -2.61. The van der Waals surface area contributed by atoms with Crippen molar-refractivity contribution >= 4 is 23.6 Å². The summed E-state index contributed by atoms with van der Waals surface area (Å²) in [5.74, 6) is 0.345. The van der Waals surface area contributed by atoms with Crippen molar-refractivity contribution in [2.24, 2.45) is 10.7 Å². The fraction of sp³-hybridized carbons (Fsp3) is 0.550. The van der Waals surface area contributed by atoms with Crippen molar-refractivity contribution in [3.05, 3.63) is 29.8 Å². The van der Waals surface area contributed by atoms with Crippen LogP contribution in [0.5, 0.6) is 0 Å². The number of aliphatic imine (C=N–C) groups is 1. The molecular formula is C20H27N5O3. The van der Waals surface area contributed by atoms with Gasteiger partial charge in [-0.05, 0) is 37.5 Å². The third-order valence-electron chi connectivity index (χ3n) is 5.78. The molecule has 1 spiro atoms. The van der Waals surface area contributed by atoms with Gasteiger partial charge in [0.2, 0.25) is 0 Å². The lowest BCUT2D eigenvalue weighted by Gasteiger charge is -2.31. The van der Waals surface area contributed by atoms with E-state index in [-0.39, 0.29) is 18.0 Å². The van der Waals surface area contributed by atoms with E-state index < -0.39 is 5.54 Å². The monoisotopic (exact) mass is 385 g/mol. The number of rotatable bonds is 3. The highest BCUT2D eigenvalue weighted by molar-refractivity contribution is 6.23. The minimum Gasteiger partial charge on any atom is -0.375 e. The third kappa shape index (κ3) is 3.44. The van der Waals surface area contributed by atoms with Crippen LogP contribution in [-0.2, 0) is 16.1 Å². The summed E-state index contributed by atoms with van der Waals surface area (Å²) in [5.41, 5.74) is 6.91. The molecule has 1 saturated carbocycles. The van der Waals surface area contributed by atoms with Crippen molar-refractivity contribution in [1.29, 1.82) is 0 Å². The maximum atomic E-state index is 12.9. The molecule has 1 atom stereocenters. The zero-order valence-corrected chi connectivity index (χ0v) is 16.2. The number of imide groups is 1. The van der Waals surface area contributed by atoms with E-state index in [2.05, 4.69) is 10.3 Å². The van der Waals surface area contributed by atoms with Gasteiger partial charge in [0.15, 0.2) is 5.96 Å². The van der Waals surface area contributed by atoms with Gasteiger partial charge in [-0.15, -0.1) is 0 Å². The number of nitrogens with one attached hydrogen (secondary N) is 1. The SMILES string of the molecule is CC1CN(C(N)=NCc2cccc(N3C(=O)NC4(CCCC4)C3=O)c2)CCO1. The number of carbonyl (C=O) groups excluding carboxylic acids is 2. The van der Waals surface area contributed by atoms with E-state index >= 15 is 0 Å². The second-order valence-electron chi connectivity index (χ2n) is 7.83. The normalized spacial score (nSPS) is 24.9. The van der Waals surface area contributed by atoms with Crippen LogP contribution in [0.1, 0.15) is 38.2 Å². The highest BCUT2D eigenvalue weighted by atomic mass is 16.5. The molecule has 2 heterocycles. The molecule has 3 amide bonds. The Morgan fingerprint density at radius 2 is 2.14 bits per heavy atom. The smallest absolute Gasteiger partial charge is 0.329 e. The summed E-state index contributed by atoms with van der Waals surface area (Å²) >= 11 is 0. The van der Waals surface area contributed by atoms with Crippen molar-refractivity contribution in [2.45, 2.75) is 50.8 Å². The Labute approximate surface area is 164 Å². The Kier molecular flexibility index (Phi) is 4.97. The summed E-state index contributed by atoms with van der Waals surface area (Å²) in [5, 5.41) is 2.92. The first-order valence-corrected chi connectivity index (χ1v) is 9.91. The molecule has 1 aromatic carbocycles. The molecule has 0 radical (unpaired) electrons. The molecule has 1 aliphatic carbocycles. The lowest BCUT2D eigenvalue weighted by Crippen LogP contribution is -2.47. The molecule has 1 aromatic rings. The maximum absolute atomic E-state index is 12.9. The minimum absolute atomic E-state index is 0.133. The number of urea groups is 1. The van der Waals surface area contributed by atoms with E-state index in [4.69, 9.17) is 10.5 Å². The van der Waals surface area contributed by atoms with Crippen molar-refractivity contribution in [1.82, 2.24) is 10.2 Å². The summed E-state index contributed by atoms with van der Waals surface area (Å²) < 4.78 is 5.53. The zero-order valence-electron chi connectivity index (χ0n) is 16.2. The number of benzene rings is 1. The Balaban J connectivity index is 1.48. The van der Waals surface area contributed by atoms with Crippen LogP contribution in [0.3, 0.4) is 0 Å². The molecule has 1 unspecified atom stereocenters. The summed E-state index contributed by atoms with van der Waals surface area (Å²) in [6, 6.07) is 7.05. The van der Waals surface area contributed by atoms with Crippen LogP contribution < -0.4 is 16.0 Å². The number of morpholine rings is 1. The molecule has 4 rings (SSSR count). The topological polar surface area (TPSA) is 100 Å². The van der Waals surface area contributed by atoms with Crippen LogP contribution in [0, 0.1) is 0 Å². The highest BCUT2D eigenvalue weighted by Crippen LogP contribution is 2.37. The van der Waals surface area contributed by atoms with Gasteiger partial charge in [-0.25, -0.2) is 14.7 Å². The largest absolute Gasteiger partial charge is 0.375 e. The molecule has 0 bridgehead atoms. The fourth-order valence-corrected chi connectivity index (χ4v) is 4.26. The molecule has 8 heteroatoms. The molecule has 150 valence electrons. The van der Waals surface area contributed by atoms with Gasteiger partial charge < -0.3 is 20.7 Å². The number of nitrogens with two attached hydrogens (primary N) is 1. The number of ether oxygens (including phenoxy) is 1. The van der Waals surface area contributed by atoms with Crippen molar-refractivity contribution in [2.75, 3.05) is 24.6 Å². The Morgan fingerprint density at radius 1 is 1.36 bits per heavy atom. The van der Waals surface area contributed by atoms with E-state index in [1.54, 1.807) is 6.07 Å². The summed E-state index contributed by atoms with van der Waals surface area (Å²) in [6.45, 7) is 4.49. The summed E-state index contributed by atoms with van der Waals surface area (Å²) in [4.78, 5) is 33.2. The first kappa shape index (κ1) is 18.7.